The standard InChI is InChI=1S/C21H32O15/c22-3-7-10(25)12(27)14(29)19(32-7)34-16-6-1-2-31-18(9(6)21(5-24)17(16)36-21)35-20-15(30)13(28)11(26)8(4-23)33-20/h1-2,6-20,22-30H,3-5H2/t6-,7+,8-,9-,10+,11-,12-,13-,14+,15-,16+,17-,18+,19-,20+,21+/m1/s1. The molecule has 4 heterocycles. The zero-order chi connectivity index (χ0) is 25.9. The summed E-state index contributed by atoms with van der Waals surface area (Å²) in [5.41, 5.74) is -1.20. The van der Waals surface area contributed by atoms with Gasteiger partial charge in [-0.2, -0.15) is 0 Å². The second-order valence-corrected chi connectivity index (χ2v) is 9.72. The van der Waals surface area contributed by atoms with Crippen molar-refractivity contribution in [1.82, 2.24) is 0 Å². The Morgan fingerprint density at radius 3 is 1.78 bits per heavy atom. The van der Waals surface area contributed by atoms with E-state index in [2.05, 4.69) is 0 Å². The van der Waals surface area contributed by atoms with Gasteiger partial charge < -0.3 is 74.4 Å². The first kappa shape index (κ1) is 26.6. The lowest BCUT2D eigenvalue weighted by Crippen LogP contribution is -2.61. The summed E-state index contributed by atoms with van der Waals surface area (Å²) in [5.74, 6) is -1.29. The van der Waals surface area contributed by atoms with Crippen LogP contribution in [0.5, 0.6) is 0 Å². The van der Waals surface area contributed by atoms with Crippen LogP contribution in [-0.4, -0.2) is 151 Å². The number of hydrogen-bond donors (Lipinski definition) is 9. The van der Waals surface area contributed by atoms with Gasteiger partial charge in [0, 0.05) is 5.92 Å². The van der Waals surface area contributed by atoms with E-state index in [1.807, 2.05) is 0 Å². The number of hydrogen-bond acceptors (Lipinski definition) is 15. The monoisotopic (exact) mass is 524 g/mol. The maximum atomic E-state index is 10.4. The van der Waals surface area contributed by atoms with E-state index in [-0.39, 0.29) is 0 Å². The molecular formula is C21H32O15. The summed E-state index contributed by atoms with van der Waals surface area (Å²) in [6.45, 7) is -1.76. The van der Waals surface area contributed by atoms with Crippen LogP contribution in [0.25, 0.3) is 0 Å². The van der Waals surface area contributed by atoms with Gasteiger partial charge in [-0.1, -0.05) is 0 Å². The quantitative estimate of drug-likeness (QED) is 0.141. The van der Waals surface area contributed by atoms with Crippen molar-refractivity contribution in [2.75, 3.05) is 19.8 Å². The van der Waals surface area contributed by atoms with Gasteiger partial charge in [-0.3, -0.25) is 0 Å². The second kappa shape index (κ2) is 9.94. The average molecular weight is 524 g/mol. The van der Waals surface area contributed by atoms with Crippen LogP contribution in [0.15, 0.2) is 12.3 Å². The van der Waals surface area contributed by atoms with Crippen LogP contribution < -0.4 is 0 Å². The number of aliphatic hydroxyl groups is 9. The number of epoxide rings is 1. The molecule has 1 aliphatic carbocycles. The molecule has 3 saturated heterocycles. The summed E-state index contributed by atoms with van der Waals surface area (Å²) in [6.07, 6.45) is -14.9. The van der Waals surface area contributed by atoms with Gasteiger partial charge in [0.25, 0.3) is 0 Å². The summed E-state index contributed by atoms with van der Waals surface area (Å²) in [5, 5.41) is 89.9. The average Bonchev–Trinajstić information content (AvgIpc) is 3.56. The molecule has 1 saturated carbocycles. The molecule has 36 heavy (non-hydrogen) atoms. The molecule has 0 spiro atoms. The van der Waals surface area contributed by atoms with Crippen LogP contribution in [0.4, 0.5) is 0 Å². The fourth-order valence-electron chi connectivity index (χ4n) is 5.64. The highest BCUT2D eigenvalue weighted by molar-refractivity contribution is 5.25. The van der Waals surface area contributed by atoms with Crippen molar-refractivity contribution in [3.8, 4) is 0 Å². The molecular weight excluding hydrogens is 492 g/mol. The number of fused-ring (bicyclic) bond motifs is 3. The Labute approximate surface area is 204 Å². The molecule has 0 aromatic heterocycles. The largest absolute Gasteiger partial charge is 0.472 e. The molecule has 15 nitrogen and oxygen atoms in total. The van der Waals surface area contributed by atoms with E-state index in [4.69, 9.17) is 28.4 Å². The molecule has 4 fully saturated rings. The van der Waals surface area contributed by atoms with E-state index in [9.17, 15) is 46.0 Å². The molecule has 4 aliphatic heterocycles. The lowest BCUT2D eigenvalue weighted by molar-refractivity contribution is -0.347. The number of aliphatic hydroxyl groups excluding tert-OH is 9. The van der Waals surface area contributed by atoms with Crippen molar-refractivity contribution >= 4 is 0 Å². The van der Waals surface area contributed by atoms with E-state index >= 15 is 0 Å². The van der Waals surface area contributed by atoms with Crippen LogP contribution in [-0.2, 0) is 28.4 Å². The first-order valence-corrected chi connectivity index (χ1v) is 11.7. The SMILES string of the molecule is OC[C@@H]1O[C@H](O[C@H]2[C@@H]3C=CO[C@@H](O[C@@H]4O[C@H](CO)[C@@H](O)[C@@H](O)[C@H]4O)[C@@H]3[C@]3(CO)O[C@H]23)[C@@H](O)[C@H](O)[C@H]1O. The minimum Gasteiger partial charge on any atom is -0.472 e. The molecule has 0 amide bonds. The van der Waals surface area contributed by atoms with Gasteiger partial charge in [-0.15, -0.1) is 0 Å². The van der Waals surface area contributed by atoms with Gasteiger partial charge in [0.1, 0.15) is 60.5 Å². The maximum absolute atomic E-state index is 10.4. The molecule has 0 aromatic carbocycles. The second-order valence-electron chi connectivity index (χ2n) is 9.72. The minimum absolute atomic E-state index is 0.473. The molecule has 0 bridgehead atoms. The minimum atomic E-state index is -1.68. The van der Waals surface area contributed by atoms with E-state index in [1.54, 1.807) is 6.08 Å². The molecule has 206 valence electrons. The van der Waals surface area contributed by atoms with Gasteiger partial charge in [0.2, 0.25) is 6.29 Å². The van der Waals surface area contributed by atoms with Gasteiger partial charge in [-0.05, 0) is 6.08 Å². The Balaban J connectivity index is 1.34. The molecule has 5 rings (SSSR count). The first-order valence-electron chi connectivity index (χ1n) is 11.7. The van der Waals surface area contributed by atoms with Gasteiger partial charge in [0.15, 0.2) is 12.6 Å². The van der Waals surface area contributed by atoms with Crippen LogP contribution in [0.1, 0.15) is 0 Å². The maximum Gasteiger partial charge on any atom is 0.208 e. The highest BCUT2D eigenvalue weighted by atomic mass is 16.8. The number of rotatable bonds is 7. The van der Waals surface area contributed by atoms with Gasteiger partial charge >= 0.3 is 0 Å². The fourth-order valence-corrected chi connectivity index (χ4v) is 5.64. The lowest BCUT2D eigenvalue weighted by Gasteiger charge is -2.44. The predicted molar refractivity (Wildman–Crippen MR) is 109 cm³/mol. The predicted octanol–water partition coefficient (Wildman–Crippen LogP) is -5.77. The Morgan fingerprint density at radius 1 is 0.694 bits per heavy atom. The Bertz CT molecular complexity index is 810. The number of ether oxygens (including phenoxy) is 6. The van der Waals surface area contributed by atoms with E-state index in [0.29, 0.717) is 0 Å². The molecule has 0 aromatic rings. The Hall–Kier alpha value is -1.02. The van der Waals surface area contributed by atoms with E-state index in [0.717, 1.165) is 0 Å². The third kappa shape index (κ3) is 4.07. The van der Waals surface area contributed by atoms with Crippen molar-refractivity contribution in [3.05, 3.63) is 12.3 Å². The summed E-state index contributed by atoms with van der Waals surface area (Å²) in [4.78, 5) is 0. The highest BCUT2D eigenvalue weighted by Gasteiger charge is 2.77. The summed E-state index contributed by atoms with van der Waals surface area (Å²) >= 11 is 0. The zero-order valence-electron chi connectivity index (χ0n) is 18.9. The van der Waals surface area contributed by atoms with Crippen molar-refractivity contribution in [2.45, 2.75) is 85.5 Å². The van der Waals surface area contributed by atoms with Crippen LogP contribution in [0.2, 0.25) is 0 Å². The highest BCUT2D eigenvalue weighted by Crippen LogP contribution is 2.61. The van der Waals surface area contributed by atoms with Crippen LogP contribution in [0, 0.1) is 11.8 Å². The smallest absolute Gasteiger partial charge is 0.208 e. The lowest BCUT2D eigenvalue weighted by atomic mass is 9.85. The molecule has 9 N–H and O–H groups in total. The Kier molecular flexibility index (Phi) is 7.34. The van der Waals surface area contributed by atoms with Gasteiger partial charge in [-0.25, -0.2) is 0 Å². The van der Waals surface area contributed by atoms with Crippen molar-refractivity contribution in [1.29, 1.82) is 0 Å². The van der Waals surface area contributed by atoms with Crippen molar-refractivity contribution in [3.63, 3.8) is 0 Å². The molecule has 0 unspecified atom stereocenters. The fraction of sp³-hybridized carbons (Fsp3) is 0.905. The molecule has 15 heteroatoms. The van der Waals surface area contributed by atoms with Crippen molar-refractivity contribution < 1.29 is 74.4 Å². The topological polar surface area (TPSA) is 241 Å². The molecule has 5 aliphatic rings. The summed E-state index contributed by atoms with van der Waals surface area (Å²) in [7, 11) is 0. The van der Waals surface area contributed by atoms with E-state index < -0.39 is 117 Å². The molecule has 16 atom stereocenters. The van der Waals surface area contributed by atoms with Crippen LogP contribution >= 0.6 is 0 Å². The summed E-state index contributed by atoms with van der Waals surface area (Å²) in [6, 6.07) is 0. The zero-order valence-corrected chi connectivity index (χ0v) is 18.9. The third-order valence-electron chi connectivity index (χ3n) is 7.74. The normalized spacial score (nSPS) is 56.1. The Morgan fingerprint density at radius 2 is 1.25 bits per heavy atom. The van der Waals surface area contributed by atoms with Crippen LogP contribution in [0.3, 0.4) is 0 Å². The van der Waals surface area contributed by atoms with Gasteiger partial charge in [0.05, 0.1) is 38.1 Å². The summed E-state index contributed by atoms with van der Waals surface area (Å²) < 4.78 is 34.0. The third-order valence-corrected chi connectivity index (χ3v) is 7.74. The van der Waals surface area contributed by atoms with Crippen molar-refractivity contribution in [2.24, 2.45) is 11.8 Å². The van der Waals surface area contributed by atoms with E-state index in [1.165, 1.54) is 6.26 Å². The molecule has 0 radical (unpaired) electrons. The first-order chi connectivity index (χ1) is 17.2.